The normalized spacial score (nSPS) is 36.4. The van der Waals surface area contributed by atoms with Gasteiger partial charge in [-0.1, -0.05) is 13.8 Å². The number of nitrogens with one attached hydrogen (secondary N) is 1. The number of hydrogen-bond donors (Lipinski definition) is 1. The molecule has 2 rings (SSSR count). The predicted molar refractivity (Wildman–Crippen MR) is 65.1 cm³/mol. The Balaban J connectivity index is 1.86. The molecule has 2 unspecified atom stereocenters. The number of fused-ring (bicyclic) bond motifs is 2. The lowest BCUT2D eigenvalue weighted by Crippen LogP contribution is -2.49. The van der Waals surface area contributed by atoms with Gasteiger partial charge in [-0.05, 0) is 45.6 Å². The van der Waals surface area contributed by atoms with Crippen molar-refractivity contribution in [2.45, 2.75) is 76.5 Å². The van der Waals surface area contributed by atoms with Crippen LogP contribution in [-0.2, 0) is 0 Å². The number of rotatable bonds is 4. The molecule has 88 valence electrons. The first-order chi connectivity index (χ1) is 7.24. The van der Waals surface area contributed by atoms with Crippen LogP contribution in [0.5, 0.6) is 0 Å². The highest BCUT2D eigenvalue weighted by Gasteiger charge is 2.38. The van der Waals surface area contributed by atoms with Crippen LogP contribution in [-0.4, -0.2) is 36.1 Å². The Hall–Kier alpha value is -0.0800. The van der Waals surface area contributed by atoms with Gasteiger partial charge in [0.25, 0.3) is 0 Å². The molecule has 2 heteroatoms. The van der Waals surface area contributed by atoms with Crippen LogP contribution in [0.1, 0.15) is 52.4 Å². The first-order valence-corrected chi connectivity index (χ1v) is 6.72. The summed E-state index contributed by atoms with van der Waals surface area (Å²) in [6.07, 6.45) is 8.17. The minimum Gasteiger partial charge on any atom is -0.311 e. The fourth-order valence-electron chi connectivity index (χ4n) is 3.41. The van der Waals surface area contributed by atoms with Gasteiger partial charge >= 0.3 is 0 Å². The van der Waals surface area contributed by atoms with E-state index in [1.165, 1.54) is 38.5 Å². The lowest BCUT2D eigenvalue weighted by molar-refractivity contribution is 0.142. The molecule has 0 spiro atoms. The SMILES string of the molecule is CCC(CC)NC1CC2CCC(C1)N2C. The van der Waals surface area contributed by atoms with Crippen LogP contribution < -0.4 is 5.32 Å². The molecular weight excluding hydrogens is 184 g/mol. The van der Waals surface area contributed by atoms with Crippen LogP contribution in [0.25, 0.3) is 0 Å². The fourth-order valence-corrected chi connectivity index (χ4v) is 3.41. The molecule has 2 saturated heterocycles. The van der Waals surface area contributed by atoms with E-state index in [2.05, 4.69) is 31.1 Å². The highest BCUT2D eigenvalue weighted by Crippen LogP contribution is 2.34. The summed E-state index contributed by atoms with van der Waals surface area (Å²) >= 11 is 0. The molecule has 2 atom stereocenters. The maximum atomic E-state index is 3.85. The van der Waals surface area contributed by atoms with Crippen molar-refractivity contribution in [2.24, 2.45) is 0 Å². The van der Waals surface area contributed by atoms with E-state index < -0.39 is 0 Å². The van der Waals surface area contributed by atoms with Gasteiger partial charge in [0.05, 0.1) is 0 Å². The Morgan fingerprint density at radius 2 is 1.67 bits per heavy atom. The van der Waals surface area contributed by atoms with Gasteiger partial charge in [-0.25, -0.2) is 0 Å². The molecule has 0 amide bonds. The molecule has 2 fully saturated rings. The zero-order valence-electron chi connectivity index (χ0n) is 10.5. The largest absolute Gasteiger partial charge is 0.311 e. The molecule has 2 bridgehead atoms. The van der Waals surface area contributed by atoms with Gasteiger partial charge in [-0.2, -0.15) is 0 Å². The van der Waals surface area contributed by atoms with Crippen molar-refractivity contribution >= 4 is 0 Å². The van der Waals surface area contributed by atoms with Crippen molar-refractivity contribution in [1.82, 2.24) is 10.2 Å². The third-order valence-corrected chi connectivity index (χ3v) is 4.56. The molecule has 0 aromatic rings. The van der Waals surface area contributed by atoms with Crippen LogP contribution in [0, 0.1) is 0 Å². The summed E-state index contributed by atoms with van der Waals surface area (Å²) < 4.78 is 0. The van der Waals surface area contributed by atoms with Crippen LogP contribution in [0.3, 0.4) is 0 Å². The van der Waals surface area contributed by atoms with E-state index >= 15 is 0 Å². The average Bonchev–Trinajstić information content (AvgIpc) is 2.50. The maximum Gasteiger partial charge on any atom is 0.0111 e. The molecule has 0 aromatic heterocycles. The van der Waals surface area contributed by atoms with E-state index in [-0.39, 0.29) is 0 Å². The van der Waals surface area contributed by atoms with Crippen LogP contribution >= 0.6 is 0 Å². The van der Waals surface area contributed by atoms with E-state index in [1.807, 2.05) is 0 Å². The first-order valence-electron chi connectivity index (χ1n) is 6.72. The maximum absolute atomic E-state index is 3.85. The molecule has 1 N–H and O–H groups in total. The Kier molecular flexibility index (Phi) is 3.68. The predicted octanol–water partition coefficient (Wildman–Crippen LogP) is 2.39. The monoisotopic (exact) mass is 210 g/mol. The molecule has 2 heterocycles. The minimum absolute atomic E-state index is 0.748. The van der Waals surface area contributed by atoms with Gasteiger partial charge in [0.15, 0.2) is 0 Å². The Labute approximate surface area is 94.4 Å². The number of piperidine rings is 1. The average molecular weight is 210 g/mol. The smallest absolute Gasteiger partial charge is 0.0111 e. The van der Waals surface area contributed by atoms with Gasteiger partial charge in [0.1, 0.15) is 0 Å². The van der Waals surface area contributed by atoms with Crippen molar-refractivity contribution in [2.75, 3.05) is 7.05 Å². The third kappa shape index (κ3) is 2.36. The van der Waals surface area contributed by atoms with E-state index in [4.69, 9.17) is 0 Å². The Bertz CT molecular complexity index is 187. The summed E-state index contributed by atoms with van der Waals surface area (Å²) in [5.41, 5.74) is 0. The molecule has 2 aliphatic heterocycles. The Morgan fingerprint density at radius 3 is 2.13 bits per heavy atom. The minimum atomic E-state index is 0.748. The molecule has 0 aromatic carbocycles. The highest BCUT2D eigenvalue weighted by atomic mass is 15.2. The zero-order chi connectivity index (χ0) is 10.8. The van der Waals surface area contributed by atoms with Gasteiger partial charge in [0.2, 0.25) is 0 Å². The van der Waals surface area contributed by atoms with E-state index in [1.54, 1.807) is 0 Å². The second-order valence-electron chi connectivity index (χ2n) is 5.40. The van der Waals surface area contributed by atoms with Crippen molar-refractivity contribution in [3.05, 3.63) is 0 Å². The summed E-state index contributed by atoms with van der Waals surface area (Å²) in [4.78, 5) is 2.62. The Morgan fingerprint density at radius 1 is 1.13 bits per heavy atom. The molecule has 0 radical (unpaired) electrons. The summed E-state index contributed by atoms with van der Waals surface area (Å²) in [5.74, 6) is 0. The first kappa shape index (κ1) is 11.4. The second kappa shape index (κ2) is 4.84. The molecule has 2 nitrogen and oxygen atoms in total. The van der Waals surface area contributed by atoms with Crippen molar-refractivity contribution in [3.8, 4) is 0 Å². The summed E-state index contributed by atoms with van der Waals surface area (Å²) in [6.45, 7) is 4.59. The fraction of sp³-hybridized carbons (Fsp3) is 1.00. The van der Waals surface area contributed by atoms with E-state index in [0.717, 1.165) is 24.2 Å². The topological polar surface area (TPSA) is 15.3 Å². The quantitative estimate of drug-likeness (QED) is 0.766. The van der Waals surface area contributed by atoms with E-state index in [9.17, 15) is 0 Å². The zero-order valence-corrected chi connectivity index (χ0v) is 10.5. The van der Waals surface area contributed by atoms with Crippen molar-refractivity contribution in [3.63, 3.8) is 0 Å². The summed E-state index contributed by atoms with van der Waals surface area (Å²) in [7, 11) is 2.32. The molecule has 0 aliphatic carbocycles. The number of hydrogen-bond acceptors (Lipinski definition) is 2. The van der Waals surface area contributed by atoms with Gasteiger partial charge in [-0.3, -0.25) is 0 Å². The molecular formula is C13H26N2. The lowest BCUT2D eigenvalue weighted by Gasteiger charge is -2.38. The van der Waals surface area contributed by atoms with Crippen molar-refractivity contribution in [1.29, 1.82) is 0 Å². The number of nitrogens with zero attached hydrogens (tertiary/aromatic N) is 1. The summed E-state index contributed by atoms with van der Waals surface area (Å²) in [6, 6.07) is 3.28. The van der Waals surface area contributed by atoms with Crippen LogP contribution in [0.4, 0.5) is 0 Å². The second-order valence-corrected chi connectivity index (χ2v) is 5.40. The summed E-state index contributed by atoms with van der Waals surface area (Å²) in [5, 5.41) is 3.85. The van der Waals surface area contributed by atoms with Crippen LogP contribution in [0.15, 0.2) is 0 Å². The van der Waals surface area contributed by atoms with Gasteiger partial charge in [-0.15, -0.1) is 0 Å². The van der Waals surface area contributed by atoms with E-state index in [0.29, 0.717) is 0 Å². The highest BCUT2D eigenvalue weighted by molar-refractivity contribution is 4.96. The molecule has 0 saturated carbocycles. The lowest BCUT2D eigenvalue weighted by atomic mass is 9.96. The molecule has 15 heavy (non-hydrogen) atoms. The standard InChI is InChI=1S/C13H26N2/c1-4-10(5-2)14-11-8-12-6-7-13(9-11)15(12)3/h10-14H,4-9H2,1-3H3. The van der Waals surface area contributed by atoms with Gasteiger partial charge < -0.3 is 10.2 Å². The van der Waals surface area contributed by atoms with Crippen molar-refractivity contribution < 1.29 is 0 Å². The van der Waals surface area contributed by atoms with Crippen LogP contribution in [0.2, 0.25) is 0 Å². The molecule has 2 aliphatic rings. The third-order valence-electron chi connectivity index (χ3n) is 4.56. The van der Waals surface area contributed by atoms with Gasteiger partial charge in [0, 0.05) is 24.2 Å².